The lowest BCUT2D eigenvalue weighted by atomic mass is 9.82. The van der Waals surface area contributed by atoms with Crippen molar-refractivity contribution in [3.8, 4) is 5.75 Å². The Morgan fingerprint density at radius 3 is 2.23 bits per heavy atom. The van der Waals surface area contributed by atoms with E-state index >= 15 is 0 Å². The number of benzene rings is 2. The standard InChI is InChI=1S/C24H27NO5/c26-23(11-12-29-22-9-5-2-6-10-22)19-13-20-16-28-17-21(14-19)25(20)24(27)30-15-18-7-3-1-4-8-18/h1-10,19-21H,11-17H2. The van der Waals surface area contributed by atoms with E-state index < -0.39 is 0 Å². The Kier molecular flexibility index (Phi) is 6.64. The van der Waals surface area contributed by atoms with E-state index in [2.05, 4.69) is 0 Å². The zero-order chi connectivity index (χ0) is 20.8. The van der Waals surface area contributed by atoms with E-state index in [0.29, 0.717) is 39.1 Å². The van der Waals surface area contributed by atoms with Gasteiger partial charge in [-0.2, -0.15) is 0 Å². The number of rotatable bonds is 7. The van der Waals surface area contributed by atoms with Crippen LogP contribution < -0.4 is 4.74 Å². The van der Waals surface area contributed by atoms with Crippen LogP contribution in [0.5, 0.6) is 5.75 Å². The summed E-state index contributed by atoms with van der Waals surface area (Å²) in [7, 11) is 0. The Bertz CT molecular complexity index is 827. The normalized spacial score (nSPS) is 22.9. The average Bonchev–Trinajstić information content (AvgIpc) is 2.78. The lowest BCUT2D eigenvalue weighted by Crippen LogP contribution is -2.60. The van der Waals surface area contributed by atoms with E-state index in [4.69, 9.17) is 14.2 Å². The maximum absolute atomic E-state index is 12.8. The molecule has 1 amide bonds. The zero-order valence-corrected chi connectivity index (χ0v) is 16.9. The topological polar surface area (TPSA) is 65.1 Å². The second-order valence-electron chi connectivity index (χ2n) is 7.84. The van der Waals surface area contributed by atoms with E-state index in [1.165, 1.54) is 0 Å². The molecule has 0 radical (unpaired) electrons. The monoisotopic (exact) mass is 409 g/mol. The van der Waals surface area contributed by atoms with Crippen LogP contribution in [0.15, 0.2) is 60.7 Å². The number of carbonyl (C=O) groups excluding carboxylic acids is 2. The molecule has 0 aliphatic carbocycles. The molecule has 4 rings (SSSR count). The van der Waals surface area contributed by atoms with Gasteiger partial charge in [-0.25, -0.2) is 4.79 Å². The number of fused-ring (bicyclic) bond motifs is 2. The number of Topliss-reactive ketones (excluding diaryl/α,β-unsaturated/α-hetero) is 1. The molecule has 2 aliphatic rings. The van der Waals surface area contributed by atoms with Gasteiger partial charge in [-0.3, -0.25) is 9.69 Å². The predicted molar refractivity (Wildman–Crippen MR) is 111 cm³/mol. The van der Waals surface area contributed by atoms with Gasteiger partial charge in [0.1, 0.15) is 18.1 Å². The lowest BCUT2D eigenvalue weighted by molar-refractivity contribution is -0.131. The van der Waals surface area contributed by atoms with Gasteiger partial charge in [0.15, 0.2) is 0 Å². The third kappa shape index (κ3) is 5.00. The molecule has 2 aromatic carbocycles. The van der Waals surface area contributed by atoms with Crippen LogP contribution in [-0.4, -0.2) is 48.7 Å². The lowest BCUT2D eigenvalue weighted by Gasteiger charge is -2.47. The number of para-hydroxylation sites is 1. The first-order valence-electron chi connectivity index (χ1n) is 10.5. The molecule has 0 aromatic heterocycles. The molecule has 2 fully saturated rings. The average molecular weight is 409 g/mol. The molecule has 2 aliphatic heterocycles. The fourth-order valence-electron chi connectivity index (χ4n) is 4.26. The zero-order valence-electron chi connectivity index (χ0n) is 16.9. The number of ether oxygens (including phenoxy) is 3. The van der Waals surface area contributed by atoms with E-state index in [1.54, 1.807) is 4.90 Å². The number of morpholine rings is 1. The van der Waals surface area contributed by atoms with E-state index in [-0.39, 0.29) is 36.5 Å². The van der Waals surface area contributed by atoms with Crippen LogP contribution in [0.4, 0.5) is 4.79 Å². The summed E-state index contributed by atoms with van der Waals surface area (Å²) in [4.78, 5) is 27.3. The Balaban J connectivity index is 1.29. The van der Waals surface area contributed by atoms with Gasteiger partial charge in [0.2, 0.25) is 0 Å². The van der Waals surface area contributed by atoms with E-state index in [0.717, 1.165) is 11.3 Å². The van der Waals surface area contributed by atoms with Crippen molar-refractivity contribution < 1.29 is 23.8 Å². The number of hydrogen-bond acceptors (Lipinski definition) is 5. The fraction of sp³-hybridized carbons (Fsp3) is 0.417. The van der Waals surface area contributed by atoms with Crippen LogP contribution in [-0.2, 0) is 20.9 Å². The molecule has 2 heterocycles. The summed E-state index contributed by atoms with van der Waals surface area (Å²) in [6.07, 6.45) is 1.27. The molecule has 0 N–H and O–H groups in total. The van der Waals surface area contributed by atoms with Crippen molar-refractivity contribution in [3.05, 3.63) is 66.2 Å². The summed E-state index contributed by atoms with van der Waals surface area (Å²) in [5.41, 5.74) is 0.954. The molecule has 6 heteroatoms. The molecule has 2 bridgehead atoms. The first kappa shape index (κ1) is 20.4. The third-order valence-electron chi connectivity index (χ3n) is 5.75. The van der Waals surface area contributed by atoms with Gasteiger partial charge in [-0.15, -0.1) is 0 Å². The minimum absolute atomic E-state index is 0.0681. The molecular weight excluding hydrogens is 382 g/mol. The highest BCUT2D eigenvalue weighted by Gasteiger charge is 2.44. The first-order valence-corrected chi connectivity index (χ1v) is 10.5. The van der Waals surface area contributed by atoms with E-state index in [9.17, 15) is 9.59 Å². The molecule has 2 unspecified atom stereocenters. The molecule has 2 aromatic rings. The van der Waals surface area contributed by atoms with Crippen molar-refractivity contribution in [2.45, 2.75) is 38.0 Å². The Hall–Kier alpha value is -2.86. The van der Waals surface area contributed by atoms with Gasteiger partial charge in [0, 0.05) is 12.3 Å². The summed E-state index contributed by atoms with van der Waals surface area (Å²) < 4.78 is 16.9. The van der Waals surface area contributed by atoms with Gasteiger partial charge in [-0.05, 0) is 30.5 Å². The maximum atomic E-state index is 12.8. The number of nitrogens with zero attached hydrogens (tertiary/aromatic N) is 1. The summed E-state index contributed by atoms with van der Waals surface area (Å²) in [6.45, 7) is 1.51. The highest BCUT2D eigenvalue weighted by Crippen LogP contribution is 2.33. The minimum Gasteiger partial charge on any atom is -0.493 e. The molecule has 0 spiro atoms. The van der Waals surface area contributed by atoms with Gasteiger partial charge < -0.3 is 14.2 Å². The summed E-state index contributed by atoms with van der Waals surface area (Å²) >= 11 is 0. The van der Waals surface area contributed by atoms with Crippen LogP contribution in [0.1, 0.15) is 24.8 Å². The highest BCUT2D eigenvalue weighted by atomic mass is 16.6. The Morgan fingerprint density at radius 1 is 0.933 bits per heavy atom. The molecule has 158 valence electrons. The summed E-state index contributed by atoms with van der Waals surface area (Å²) in [5.74, 6) is 0.896. The molecule has 6 nitrogen and oxygen atoms in total. The van der Waals surface area contributed by atoms with Crippen LogP contribution in [0.3, 0.4) is 0 Å². The van der Waals surface area contributed by atoms with Crippen molar-refractivity contribution in [1.82, 2.24) is 4.90 Å². The summed E-state index contributed by atoms with van der Waals surface area (Å²) in [5, 5.41) is 0. The van der Waals surface area contributed by atoms with Crippen LogP contribution in [0.25, 0.3) is 0 Å². The number of hydrogen-bond donors (Lipinski definition) is 0. The second kappa shape index (κ2) is 9.76. The van der Waals surface area contributed by atoms with Crippen molar-refractivity contribution in [2.75, 3.05) is 19.8 Å². The van der Waals surface area contributed by atoms with Crippen LogP contribution in [0.2, 0.25) is 0 Å². The molecule has 2 atom stereocenters. The smallest absolute Gasteiger partial charge is 0.410 e. The maximum Gasteiger partial charge on any atom is 0.410 e. The van der Waals surface area contributed by atoms with Crippen molar-refractivity contribution in [2.24, 2.45) is 5.92 Å². The minimum atomic E-state index is -0.324. The molecule has 2 saturated heterocycles. The SMILES string of the molecule is O=C(CCOc1ccccc1)C1CC2COCC(C1)N2C(=O)OCc1ccccc1. The van der Waals surface area contributed by atoms with Crippen molar-refractivity contribution in [3.63, 3.8) is 0 Å². The van der Waals surface area contributed by atoms with Gasteiger partial charge in [-0.1, -0.05) is 48.5 Å². The predicted octanol–water partition coefficient (Wildman–Crippen LogP) is 3.84. The van der Waals surface area contributed by atoms with Gasteiger partial charge in [0.05, 0.1) is 31.9 Å². The summed E-state index contributed by atoms with van der Waals surface area (Å²) in [6, 6.07) is 18.9. The molecule has 0 saturated carbocycles. The Labute approximate surface area is 176 Å². The number of carbonyl (C=O) groups is 2. The van der Waals surface area contributed by atoms with Gasteiger partial charge >= 0.3 is 6.09 Å². The first-order chi connectivity index (χ1) is 14.7. The second-order valence-corrected chi connectivity index (χ2v) is 7.84. The van der Waals surface area contributed by atoms with Crippen LogP contribution in [0, 0.1) is 5.92 Å². The quantitative estimate of drug-likeness (QED) is 0.695. The van der Waals surface area contributed by atoms with Gasteiger partial charge in [0.25, 0.3) is 0 Å². The number of ketones is 1. The largest absolute Gasteiger partial charge is 0.493 e. The number of piperidine rings is 1. The fourth-order valence-corrected chi connectivity index (χ4v) is 4.26. The van der Waals surface area contributed by atoms with Crippen LogP contribution >= 0.6 is 0 Å². The van der Waals surface area contributed by atoms with Crippen molar-refractivity contribution in [1.29, 1.82) is 0 Å². The van der Waals surface area contributed by atoms with E-state index in [1.807, 2.05) is 60.7 Å². The highest BCUT2D eigenvalue weighted by molar-refractivity contribution is 5.82. The van der Waals surface area contributed by atoms with Crippen molar-refractivity contribution >= 4 is 11.9 Å². The molecular formula is C24H27NO5. The number of amides is 1. The Morgan fingerprint density at radius 2 is 1.57 bits per heavy atom. The third-order valence-corrected chi connectivity index (χ3v) is 5.75. The molecule has 30 heavy (non-hydrogen) atoms.